The summed E-state index contributed by atoms with van der Waals surface area (Å²) in [7, 11) is -0.680. The minimum atomic E-state index is -1.93. The van der Waals surface area contributed by atoms with Crippen molar-refractivity contribution in [2.75, 3.05) is 7.11 Å². The van der Waals surface area contributed by atoms with Crippen molar-refractivity contribution in [2.24, 2.45) is 0 Å². The Balaban J connectivity index is 3.51. The molecule has 0 fully saturated rings. The lowest BCUT2D eigenvalue weighted by Gasteiger charge is -2.38. The van der Waals surface area contributed by atoms with Crippen molar-refractivity contribution < 1.29 is 13.9 Å². The standard InChI is InChI=1S/C19H27FO2Si/c1-13(2)23(14(3)4,15(5)6)12-11-16-9-8-10-17(20)18(16)19(21)22-7/h8-10,13-15H,1-7H3. The maximum atomic E-state index is 14.0. The van der Waals surface area contributed by atoms with Gasteiger partial charge in [0.2, 0.25) is 0 Å². The number of ether oxygens (including phenoxy) is 1. The van der Waals surface area contributed by atoms with Crippen LogP contribution in [0, 0.1) is 17.3 Å². The highest BCUT2D eigenvalue weighted by Gasteiger charge is 2.41. The van der Waals surface area contributed by atoms with E-state index in [1.54, 1.807) is 12.1 Å². The molecule has 0 atom stereocenters. The van der Waals surface area contributed by atoms with Gasteiger partial charge >= 0.3 is 5.97 Å². The van der Waals surface area contributed by atoms with Gasteiger partial charge in [0.25, 0.3) is 0 Å². The zero-order chi connectivity index (χ0) is 17.8. The fraction of sp³-hybridized carbons (Fsp3) is 0.526. The normalized spacial score (nSPS) is 11.6. The van der Waals surface area contributed by atoms with E-state index in [1.807, 2.05) is 0 Å². The first kappa shape index (κ1) is 19.4. The summed E-state index contributed by atoms with van der Waals surface area (Å²) in [4.78, 5) is 11.9. The minimum absolute atomic E-state index is 0.0679. The predicted molar refractivity (Wildman–Crippen MR) is 95.7 cm³/mol. The third-order valence-corrected chi connectivity index (χ3v) is 11.0. The Bertz CT molecular complexity index is 602. The van der Waals surface area contributed by atoms with Gasteiger partial charge in [0.05, 0.1) is 7.11 Å². The Morgan fingerprint density at radius 3 is 2.04 bits per heavy atom. The van der Waals surface area contributed by atoms with Crippen molar-refractivity contribution in [2.45, 2.75) is 58.2 Å². The predicted octanol–water partition coefficient (Wildman–Crippen LogP) is 5.18. The van der Waals surface area contributed by atoms with Gasteiger partial charge in [0.1, 0.15) is 19.5 Å². The van der Waals surface area contributed by atoms with Crippen LogP contribution < -0.4 is 0 Å². The fourth-order valence-corrected chi connectivity index (χ4v) is 8.76. The molecule has 1 rings (SSSR count). The Morgan fingerprint density at radius 1 is 1.09 bits per heavy atom. The lowest BCUT2D eigenvalue weighted by molar-refractivity contribution is 0.0595. The Hall–Kier alpha value is -1.60. The van der Waals surface area contributed by atoms with Gasteiger partial charge in [0, 0.05) is 5.56 Å². The van der Waals surface area contributed by atoms with Crippen LogP contribution in [0.4, 0.5) is 4.39 Å². The van der Waals surface area contributed by atoms with Crippen molar-refractivity contribution in [3.8, 4) is 11.5 Å². The number of halogens is 1. The Kier molecular flexibility index (Phi) is 6.58. The van der Waals surface area contributed by atoms with Crippen LogP contribution in [0.3, 0.4) is 0 Å². The molecule has 4 heteroatoms. The Morgan fingerprint density at radius 2 is 1.61 bits per heavy atom. The second-order valence-corrected chi connectivity index (χ2v) is 12.4. The third-order valence-electron chi connectivity index (χ3n) is 4.68. The summed E-state index contributed by atoms with van der Waals surface area (Å²) in [6.07, 6.45) is 0. The molecule has 0 saturated carbocycles. The molecule has 0 unspecified atom stereocenters. The average molecular weight is 335 g/mol. The molecule has 0 heterocycles. The van der Waals surface area contributed by atoms with Crippen molar-refractivity contribution in [3.63, 3.8) is 0 Å². The van der Waals surface area contributed by atoms with Crippen LogP contribution >= 0.6 is 0 Å². The minimum Gasteiger partial charge on any atom is -0.465 e. The molecule has 1 aromatic carbocycles. The molecule has 0 aliphatic heterocycles. The van der Waals surface area contributed by atoms with E-state index < -0.39 is 19.9 Å². The van der Waals surface area contributed by atoms with Gasteiger partial charge in [-0.25, -0.2) is 9.18 Å². The molecule has 0 radical (unpaired) electrons. The monoisotopic (exact) mass is 334 g/mol. The van der Waals surface area contributed by atoms with Crippen LogP contribution in [0.15, 0.2) is 18.2 Å². The summed E-state index contributed by atoms with van der Waals surface area (Å²) in [6.45, 7) is 13.3. The summed E-state index contributed by atoms with van der Waals surface area (Å²) in [5.41, 5.74) is 5.28. The number of carbonyl (C=O) groups is 1. The van der Waals surface area contributed by atoms with Crippen LogP contribution in [0.2, 0.25) is 16.6 Å². The zero-order valence-electron chi connectivity index (χ0n) is 15.2. The van der Waals surface area contributed by atoms with E-state index >= 15 is 0 Å². The highest BCUT2D eigenvalue weighted by atomic mass is 28.3. The van der Waals surface area contributed by atoms with Crippen LogP contribution in [-0.2, 0) is 4.74 Å². The highest BCUT2D eigenvalue weighted by molar-refractivity contribution is 6.90. The van der Waals surface area contributed by atoms with Gasteiger partial charge in [-0.1, -0.05) is 53.5 Å². The Labute approximate surface area is 140 Å². The number of benzene rings is 1. The van der Waals surface area contributed by atoms with Gasteiger partial charge < -0.3 is 4.74 Å². The molecule has 0 aliphatic carbocycles. The van der Waals surface area contributed by atoms with Gasteiger partial charge in [-0.2, -0.15) is 0 Å². The molecule has 0 saturated heterocycles. The summed E-state index contributed by atoms with van der Waals surface area (Å²) >= 11 is 0. The van der Waals surface area contributed by atoms with Crippen molar-refractivity contribution in [1.82, 2.24) is 0 Å². The van der Waals surface area contributed by atoms with E-state index in [2.05, 4.69) is 53.0 Å². The lowest BCUT2D eigenvalue weighted by Crippen LogP contribution is -2.43. The quantitative estimate of drug-likeness (QED) is 0.431. The van der Waals surface area contributed by atoms with E-state index in [-0.39, 0.29) is 5.56 Å². The second-order valence-electron chi connectivity index (χ2n) is 6.80. The van der Waals surface area contributed by atoms with Gasteiger partial charge in [0.15, 0.2) is 0 Å². The molecular formula is C19H27FO2Si. The largest absolute Gasteiger partial charge is 0.465 e. The molecular weight excluding hydrogens is 307 g/mol. The SMILES string of the molecule is COC(=O)c1c(F)cccc1C#C[Si](C(C)C)(C(C)C)C(C)C. The van der Waals surface area contributed by atoms with Crippen molar-refractivity contribution >= 4 is 14.0 Å². The third kappa shape index (κ3) is 3.84. The second kappa shape index (κ2) is 7.78. The first-order valence-corrected chi connectivity index (χ1v) is 10.3. The van der Waals surface area contributed by atoms with Crippen LogP contribution in [0.1, 0.15) is 57.5 Å². The topological polar surface area (TPSA) is 26.3 Å². The molecule has 126 valence electrons. The molecule has 23 heavy (non-hydrogen) atoms. The number of carbonyl (C=O) groups excluding carboxylic acids is 1. The summed E-state index contributed by atoms with van der Waals surface area (Å²) in [5, 5.41) is 0. The van der Waals surface area contributed by atoms with Crippen molar-refractivity contribution in [3.05, 3.63) is 35.1 Å². The summed E-state index contributed by atoms with van der Waals surface area (Å²) in [6, 6.07) is 4.52. The fourth-order valence-electron chi connectivity index (χ4n) is 3.55. The van der Waals surface area contributed by atoms with Crippen LogP contribution in [0.25, 0.3) is 0 Å². The number of hydrogen-bond donors (Lipinski definition) is 0. The molecule has 0 aliphatic rings. The summed E-state index contributed by atoms with van der Waals surface area (Å²) in [5.74, 6) is 1.85. The average Bonchev–Trinajstić information content (AvgIpc) is 2.46. The first-order chi connectivity index (χ1) is 10.7. The van der Waals surface area contributed by atoms with Gasteiger partial charge in [-0.15, -0.1) is 5.54 Å². The van der Waals surface area contributed by atoms with E-state index in [1.165, 1.54) is 13.2 Å². The smallest absolute Gasteiger partial charge is 0.342 e. The molecule has 2 nitrogen and oxygen atoms in total. The maximum absolute atomic E-state index is 14.0. The zero-order valence-corrected chi connectivity index (χ0v) is 16.2. The molecule has 0 bridgehead atoms. The number of rotatable bonds is 4. The van der Waals surface area contributed by atoms with E-state index in [0.717, 1.165) is 0 Å². The number of esters is 1. The molecule has 0 aromatic heterocycles. The molecule has 0 spiro atoms. The van der Waals surface area contributed by atoms with E-state index in [4.69, 9.17) is 4.74 Å². The lowest BCUT2D eigenvalue weighted by atomic mass is 10.1. The first-order valence-electron chi connectivity index (χ1n) is 8.08. The summed E-state index contributed by atoms with van der Waals surface area (Å²) < 4.78 is 18.7. The van der Waals surface area contributed by atoms with Gasteiger partial charge in [-0.05, 0) is 28.8 Å². The van der Waals surface area contributed by atoms with E-state index in [9.17, 15) is 9.18 Å². The highest BCUT2D eigenvalue weighted by Crippen LogP contribution is 2.40. The molecule has 0 amide bonds. The molecule has 1 aromatic rings. The molecule has 0 N–H and O–H groups in total. The number of methoxy groups -OCH3 is 1. The van der Waals surface area contributed by atoms with Crippen LogP contribution in [-0.4, -0.2) is 21.2 Å². The number of hydrogen-bond acceptors (Lipinski definition) is 2. The maximum Gasteiger partial charge on any atom is 0.342 e. The van der Waals surface area contributed by atoms with Gasteiger partial charge in [-0.3, -0.25) is 0 Å². The van der Waals surface area contributed by atoms with Crippen LogP contribution in [0.5, 0.6) is 0 Å². The van der Waals surface area contributed by atoms with Crippen molar-refractivity contribution in [1.29, 1.82) is 0 Å². The van der Waals surface area contributed by atoms with E-state index in [0.29, 0.717) is 22.2 Å².